The Bertz CT molecular complexity index is 418. The molecule has 2 unspecified atom stereocenters. The number of Topliss-reactive ketones (excluding diaryl/α,β-unsaturated/α-hetero) is 1. The van der Waals surface area contributed by atoms with Crippen molar-refractivity contribution >= 4 is 15.8 Å². The zero-order valence-electron chi connectivity index (χ0n) is 11.8. The molecule has 0 aromatic carbocycles. The third-order valence-electron chi connectivity index (χ3n) is 4.43. The highest BCUT2D eigenvalue weighted by Gasteiger charge is 2.41. The van der Waals surface area contributed by atoms with Gasteiger partial charge in [-0.15, -0.1) is 0 Å². The fraction of sp³-hybridized carbons (Fsp3) is 0.929. The summed E-state index contributed by atoms with van der Waals surface area (Å²) in [5.74, 6) is 0.486. The van der Waals surface area contributed by atoms with Crippen molar-refractivity contribution in [2.45, 2.75) is 64.3 Å². The Labute approximate surface area is 116 Å². The summed E-state index contributed by atoms with van der Waals surface area (Å²) in [6.07, 6.45) is 6.90. The lowest BCUT2D eigenvalue weighted by Crippen LogP contribution is -2.49. The van der Waals surface area contributed by atoms with E-state index < -0.39 is 10.0 Å². The fourth-order valence-electron chi connectivity index (χ4n) is 3.37. The Morgan fingerprint density at radius 3 is 2.63 bits per heavy atom. The quantitative estimate of drug-likeness (QED) is 0.780. The van der Waals surface area contributed by atoms with E-state index in [-0.39, 0.29) is 23.5 Å². The second kappa shape index (κ2) is 6.35. The third-order valence-corrected chi connectivity index (χ3v) is 6.40. The lowest BCUT2D eigenvalue weighted by molar-refractivity contribution is -0.122. The standard InChI is InChI=1S/C14H25NO3S/c1-2-3-11-19(17,18)15-10-5-4-8-13(15)12-7-6-9-14(12)16/h12-13H,2-11H2,1H3. The van der Waals surface area contributed by atoms with Gasteiger partial charge in [-0.3, -0.25) is 4.79 Å². The molecule has 1 saturated heterocycles. The minimum Gasteiger partial charge on any atom is -0.299 e. The number of unbranched alkanes of at least 4 members (excludes halogenated alkanes) is 1. The molecule has 2 rings (SSSR count). The molecule has 1 aliphatic carbocycles. The van der Waals surface area contributed by atoms with Gasteiger partial charge in [0.15, 0.2) is 0 Å². The van der Waals surface area contributed by atoms with Crippen LogP contribution in [0.2, 0.25) is 0 Å². The highest BCUT2D eigenvalue weighted by molar-refractivity contribution is 7.89. The van der Waals surface area contributed by atoms with Gasteiger partial charge in [-0.1, -0.05) is 19.8 Å². The van der Waals surface area contributed by atoms with Crippen LogP contribution in [-0.2, 0) is 14.8 Å². The molecule has 19 heavy (non-hydrogen) atoms. The van der Waals surface area contributed by atoms with Gasteiger partial charge in [0, 0.05) is 24.9 Å². The monoisotopic (exact) mass is 287 g/mol. The maximum Gasteiger partial charge on any atom is 0.214 e. The average molecular weight is 287 g/mol. The Morgan fingerprint density at radius 1 is 1.21 bits per heavy atom. The number of ketones is 1. The highest BCUT2D eigenvalue weighted by atomic mass is 32.2. The molecule has 0 spiro atoms. The third kappa shape index (κ3) is 3.37. The number of nitrogens with zero attached hydrogens (tertiary/aromatic N) is 1. The molecule has 2 atom stereocenters. The van der Waals surface area contributed by atoms with Gasteiger partial charge in [-0.05, 0) is 32.1 Å². The van der Waals surface area contributed by atoms with Crippen LogP contribution in [0.4, 0.5) is 0 Å². The molecule has 0 N–H and O–H groups in total. The second-order valence-corrected chi connectivity index (χ2v) is 7.85. The van der Waals surface area contributed by atoms with Crippen molar-refractivity contribution in [1.82, 2.24) is 4.31 Å². The maximum atomic E-state index is 12.4. The van der Waals surface area contributed by atoms with Crippen molar-refractivity contribution in [1.29, 1.82) is 0 Å². The van der Waals surface area contributed by atoms with Gasteiger partial charge in [0.2, 0.25) is 10.0 Å². The highest BCUT2D eigenvalue weighted by Crippen LogP contribution is 2.34. The van der Waals surface area contributed by atoms with E-state index >= 15 is 0 Å². The fourth-order valence-corrected chi connectivity index (χ4v) is 5.33. The van der Waals surface area contributed by atoms with E-state index in [1.807, 2.05) is 6.92 Å². The van der Waals surface area contributed by atoms with Crippen LogP contribution in [0, 0.1) is 5.92 Å². The van der Waals surface area contributed by atoms with Crippen LogP contribution in [0.25, 0.3) is 0 Å². The number of sulfonamides is 1. The van der Waals surface area contributed by atoms with Gasteiger partial charge in [0.05, 0.1) is 5.75 Å². The van der Waals surface area contributed by atoms with E-state index in [9.17, 15) is 13.2 Å². The number of rotatable bonds is 5. The summed E-state index contributed by atoms with van der Waals surface area (Å²) < 4.78 is 26.5. The number of piperidine rings is 1. The summed E-state index contributed by atoms with van der Waals surface area (Å²) in [7, 11) is -3.17. The van der Waals surface area contributed by atoms with Crippen LogP contribution in [0.15, 0.2) is 0 Å². The first-order valence-electron chi connectivity index (χ1n) is 7.58. The van der Waals surface area contributed by atoms with Crippen LogP contribution in [0.3, 0.4) is 0 Å². The molecule has 0 radical (unpaired) electrons. The molecular weight excluding hydrogens is 262 g/mol. The smallest absolute Gasteiger partial charge is 0.214 e. The molecule has 0 amide bonds. The number of hydrogen-bond acceptors (Lipinski definition) is 3. The van der Waals surface area contributed by atoms with E-state index in [4.69, 9.17) is 0 Å². The molecule has 0 aromatic rings. The Kier molecular flexibility index (Phi) is 5.01. The van der Waals surface area contributed by atoms with Crippen molar-refractivity contribution in [2.24, 2.45) is 5.92 Å². The lowest BCUT2D eigenvalue weighted by atomic mass is 9.90. The summed E-state index contributed by atoms with van der Waals surface area (Å²) >= 11 is 0. The van der Waals surface area contributed by atoms with E-state index in [1.165, 1.54) is 0 Å². The maximum absolute atomic E-state index is 12.4. The van der Waals surface area contributed by atoms with Crippen LogP contribution < -0.4 is 0 Å². The van der Waals surface area contributed by atoms with Crippen LogP contribution in [-0.4, -0.2) is 36.8 Å². The normalized spacial score (nSPS) is 29.8. The van der Waals surface area contributed by atoms with Gasteiger partial charge < -0.3 is 0 Å². The van der Waals surface area contributed by atoms with E-state index in [0.29, 0.717) is 19.4 Å². The molecule has 1 heterocycles. The van der Waals surface area contributed by atoms with Crippen molar-refractivity contribution in [3.05, 3.63) is 0 Å². The predicted octanol–water partition coefficient (Wildman–Crippen LogP) is 2.34. The van der Waals surface area contributed by atoms with Crippen molar-refractivity contribution in [3.63, 3.8) is 0 Å². The van der Waals surface area contributed by atoms with Gasteiger partial charge >= 0.3 is 0 Å². The Morgan fingerprint density at radius 2 is 2.00 bits per heavy atom. The SMILES string of the molecule is CCCCS(=O)(=O)N1CCCCC1C1CCCC1=O. The largest absolute Gasteiger partial charge is 0.299 e. The van der Waals surface area contributed by atoms with Crippen molar-refractivity contribution < 1.29 is 13.2 Å². The Hall–Kier alpha value is -0.420. The first-order chi connectivity index (χ1) is 9.06. The molecule has 0 aromatic heterocycles. The average Bonchev–Trinajstić information content (AvgIpc) is 2.83. The summed E-state index contributed by atoms with van der Waals surface area (Å²) in [4.78, 5) is 11.9. The van der Waals surface area contributed by atoms with Crippen LogP contribution in [0.1, 0.15) is 58.3 Å². The molecule has 110 valence electrons. The second-order valence-electron chi connectivity index (χ2n) is 5.81. The summed E-state index contributed by atoms with van der Waals surface area (Å²) in [5.41, 5.74) is 0. The van der Waals surface area contributed by atoms with E-state index in [2.05, 4.69) is 0 Å². The van der Waals surface area contributed by atoms with Crippen molar-refractivity contribution in [2.75, 3.05) is 12.3 Å². The minimum absolute atomic E-state index is 0.0308. The molecule has 2 aliphatic rings. The molecule has 2 fully saturated rings. The predicted molar refractivity (Wildman–Crippen MR) is 75.4 cm³/mol. The van der Waals surface area contributed by atoms with Gasteiger partial charge in [0.25, 0.3) is 0 Å². The number of hydrogen-bond donors (Lipinski definition) is 0. The first-order valence-corrected chi connectivity index (χ1v) is 9.19. The molecule has 4 nitrogen and oxygen atoms in total. The lowest BCUT2D eigenvalue weighted by Gasteiger charge is -2.37. The molecule has 0 bridgehead atoms. The van der Waals surface area contributed by atoms with Crippen molar-refractivity contribution in [3.8, 4) is 0 Å². The first kappa shape index (κ1) is 15.0. The van der Waals surface area contributed by atoms with Gasteiger partial charge in [-0.2, -0.15) is 4.31 Å². The van der Waals surface area contributed by atoms with Gasteiger partial charge in [-0.25, -0.2) is 8.42 Å². The number of carbonyl (C=O) groups is 1. The van der Waals surface area contributed by atoms with Crippen LogP contribution in [0.5, 0.6) is 0 Å². The molecule has 5 heteroatoms. The topological polar surface area (TPSA) is 54.5 Å². The zero-order chi connectivity index (χ0) is 13.9. The van der Waals surface area contributed by atoms with E-state index in [1.54, 1.807) is 4.31 Å². The Balaban J connectivity index is 2.13. The van der Waals surface area contributed by atoms with Crippen LogP contribution >= 0.6 is 0 Å². The molecular formula is C14H25NO3S. The molecule has 1 aliphatic heterocycles. The van der Waals surface area contributed by atoms with Gasteiger partial charge in [0.1, 0.15) is 5.78 Å². The summed E-state index contributed by atoms with van der Waals surface area (Å²) in [6.45, 7) is 2.62. The minimum atomic E-state index is -3.17. The molecule has 1 saturated carbocycles. The number of carbonyl (C=O) groups excluding carboxylic acids is 1. The van der Waals surface area contributed by atoms with E-state index in [0.717, 1.165) is 38.5 Å². The summed E-state index contributed by atoms with van der Waals surface area (Å²) in [6, 6.07) is -0.0504. The zero-order valence-corrected chi connectivity index (χ0v) is 12.6. The summed E-state index contributed by atoms with van der Waals surface area (Å²) in [5, 5.41) is 0.